The van der Waals surface area contributed by atoms with Gasteiger partial charge in [-0.2, -0.15) is 0 Å². The van der Waals surface area contributed by atoms with Crippen LogP contribution in [0.15, 0.2) is 30.0 Å². The fourth-order valence-corrected chi connectivity index (χ4v) is 2.99. The Labute approximate surface area is 151 Å². The van der Waals surface area contributed by atoms with Crippen LogP contribution in [0.2, 0.25) is 0 Å². The molecule has 1 aromatic rings. The van der Waals surface area contributed by atoms with Crippen molar-refractivity contribution in [2.45, 2.75) is 39.4 Å². The van der Waals surface area contributed by atoms with Gasteiger partial charge in [0.05, 0.1) is 0 Å². The van der Waals surface area contributed by atoms with Crippen molar-refractivity contribution < 1.29 is 23.9 Å². The van der Waals surface area contributed by atoms with E-state index in [0.29, 0.717) is 11.3 Å². The van der Waals surface area contributed by atoms with Crippen molar-refractivity contribution in [1.29, 1.82) is 0 Å². The van der Waals surface area contributed by atoms with Crippen LogP contribution in [0.3, 0.4) is 0 Å². The molecule has 0 aromatic heterocycles. The average Bonchev–Trinajstić information content (AvgIpc) is 3.08. The van der Waals surface area contributed by atoms with Gasteiger partial charge in [0.2, 0.25) is 0 Å². The maximum atomic E-state index is 12.4. The first kappa shape index (κ1) is 18.0. The summed E-state index contributed by atoms with van der Waals surface area (Å²) in [5.41, 5.74) is 1.92. The number of aryl methyl sites for hydroxylation is 1. The van der Waals surface area contributed by atoms with E-state index in [1.807, 2.05) is 11.8 Å². The third-order valence-corrected chi connectivity index (χ3v) is 4.36. The number of hydrogen-bond donors (Lipinski definition) is 1. The Morgan fingerprint density at radius 3 is 2.35 bits per heavy atom. The Kier molecular flexibility index (Phi) is 4.71. The Balaban J connectivity index is 1.73. The topological polar surface area (TPSA) is 84.9 Å². The highest BCUT2D eigenvalue weighted by atomic mass is 16.7. The van der Waals surface area contributed by atoms with E-state index in [1.54, 1.807) is 18.2 Å². The van der Waals surface area contributed by atoms with Crippen LogP contribution in [-0.4, -0.2) is 41.6 Å². The fourth-order valence-electron chi connectivity index (χ4n) is 2.99. The number of carbonyl (C=O) groups is 3. The second-order valence-electron chi connectivity index (χ2n) is 6.91. The minimum atomic E-state index is -1.26. The van der Waals surface area contributed by atoms with Crippen LogP contribution in [0.5, 0.6) is 0 Å². The van der Waals surface area contributed by atoms with Gasteiger partial charge in [-0.3, -0.25) is 4.79 Å². The number of anilines is 1. The Morgan fingerprint density at radius 1 is 1.15 bits per heavy atom. The van der Waals surface area contributed by atoms with Crippen molar-refractivity contribution in [3.05, 3.63) is 41.1 Å². The Bertz CT molecular complexity index is 769. The van der Waals surface area contributed by atoms with E-state index in [-0.39, 0.29) is 11.5 Å². The van der Waals surface area contributed by atoms with Gasteiger partial charge in [-0.15, -0.1) is 0 Å². The lowest BCUT2D eigenvalue weighted by Gasteiger charge is -2.29. The molecular formula is C19H22N2O5. The molecule has 1 aromatic carbocycles. The number of likely N-dealkylation sites (tertiary alicyclic amines) is 1. The number of esters is 2. The maximum absolute atomic E-state index is 12.4. The monoisotopic (exact) mass is 358 g/mol. The van der Waals surface area contributed by atoms with Gasteiger partial charge in [0.1, 0.15) is 0 Å². The maximum Gasteiger partial charge on any atom is 0.350 e. The van der Waals surface area contributed by atoms with Crippen LogP contribution in [0.4, 0.5) is 5.69 Å². The largest absolute Gasteiger partial charge is 0.419 e. The molecule has 0 radical (unpaired) electrons. The lowest BCUT2D eigenvalue weighted by Crippen LogP contribution is -2.42. The minimum absolute atomic E-state index is 0.0252. The molecule has 1 amide bonds. The molecule has 0 aliphatic carbocycles. The van der Waals surface area contributed by atoms with Gasteiger partial charge in [0.15, 0.2) is 5.57 Å². The van der Waals surface area contributed by atoms with Gasteiger partial charge >= 0.3 is 11.9 Å². The molecular weight excluding hydrogens is 336 g/mol. The van der Waals surface area contributed by atoms with E-state index in [4.69, 9.17) is 9.47 Å². The average molecular weight is 358 g/mol. The molecule has 0 spiro atoms. The van der Waals surface area contributed by atoms with E-state index in [9.17, 15) is 14.4 Å². The van der Waals surface area contributed by atoms with Crippen molar-refractivity contribution in [2.24, 2.45) is 0 Å². The molecule has 26 heavy (non-hydrogen) atoms. The first-order valence-corrected chi connectivity index (χ1v) is 8.60. The Hall–Kier alpha value is -2.83. The standard InChI is InChI=1S/C19H22N2O5/c1-12-10-13(16(22)21-8-4-5-9-21)6-7-15(12)20-11-14-17(23)25-19(2,3)26-18(14)24/h6-7,10-11,20H,4-5,8-9H2,1-3H3. The summed E-state index contributed by atoms with van der Waals surface area (Å²) in [6.07, 6.45) is 3.35. The van der Waals surface area contributed by atoms with Crippen LogP contribution < -0.4 is 5.32 Å². The van der Waals surface area contributed by atoms with Crippen molar-refractivity contribution in [3.8, 4) is 0 Å². The van der Waals surface area contributed by atoms with E-state index in [2.05, 4.69) is 5.32 Å². The number of cyclic esters (lactones) is 2. The molecule has 138 valence electrons. The zero-order valence-electron chi connectivity index (χ0n) is 15.1. The number of nitrogens with zero attached hydrogens (tertiary/aromatic N) is 1. The summed E-state index contributed by atoms with van der Waals surface area (Å²) >= 11 is 0. The highest BCUT2D eigenvalue weighted by Gasteiger charge is 2.38. The third-order valence-electron chi connectivity index (χ3n) is 4.36. The highest BCUT2D eigenvalue weighted by molar-refractivity contribution is 6.15. The second kappa shape index (κ2) is 6.82. The summed E-state index contributed by atoms with van der Waals surface area (Å²) in [6, 6.07) is 5.27. The second-order valence-corrected chi connectivity index (χ2v) is 6.91. The number of hydrogen-bond acceptors (Lipinski definition) is 6. The van der Waals surface area contributed by atoms with E-state index >= 15 is 0 Å². The van der Waals surface area contributed by atoms with E-state index in [1.165, 1.54) is 20.0 Å². The van der Waals surface area contributed by atoms with E-state index in [0.717, 1.165) is 31.5 Å². The zero-order valence-corrected chi connectivity index (χ0v) is 15.1. The summed E-state index contributed by atoms with van der Waals surface area (Å²) < 4.78 is 10.1. The smallest absolute Gasteiger partial charge is 0.350 e. The summed E-state index contributed by atoms with van der Waals surface area (Å²) in [6.45, 7) is 6.43. The van der Waals surface area contributed by atoms with Gasteiger partial charge in [0, 0.05) is 44.4 Å². The van der Waals surface area contributed by atoms with Gasteiger partial charge in [-0.05, 0) is 43.5 Å². The molecule has 3 rings (SSSR count). The lowest BCUT2D eigenvalue weighted by atomic mass is 10.1. The highest BCUT2D eigenvalue weighted by Crippen LogP contribution is 2.24. The molecule has 0 saturated carbocycles. The number of amides is 1. The van der Waals surface area contributed by atoms with Crippen LogP contribution >= 0.6 is 0 Å². The van der Waals surface area contributed by atoms with Crippen molar-refractivity contribution >= 4 is 23.5 Å². The predicted molar refractivity (Wildman–Crippen MR) is 94.3 cm³/mol. The van der Waals surface area contributed by atoms with Gasteiger partial charge in [-0.1, -0.05) is 0 Å². The van der Waals surface area contributed by atoms with E-state index < -0.39 is 17.7 Å². The van der Waals surface area contributed by atoms with Crippen molar-refractivity contribution in [2.75, 3.05) is 18.4 Å². The Morgan fingerprint density at radius 2 is 1.77 bits per heavy atom. The number of benzene rings is 1. The van der Waals surface area contributed by atoms with Gasteiger partial charge < -0.3 is 19.7 Å². The molecule has 2 aliphatic rings. The molecule has 2 fully saturated rings. The lowest BCUT2D eigenvalue weighted by molar-refractivity contribution is -0.222. The number of carbonyl (C=O) groups excluding carboxylic acids is 3. The SMILES string of the molecule is Cc1cc(C(=O)N2CCCC2)ccc1NC=C1C(=O)OC(C)(C)OC1=O. The van der Waals surface area contributed by atoms with Crippen LogP contribution in [0.1, 0.15) is 42.6 Å². The molecule has 2 saturated heterocycles. The molecule has 0 bridgehead atoms. The minimum Gasteiger partial charge on any atom is -0.419 e. The quantitative estimate of drug-likeness (QED) is 0.507. The molecule has 7 heteroatoms. The normalized spacial score (nSPS) is 19.0. The predicted octanol–water partition coefficient (Wildman–Crippen LogP) is 2.36. The van der Waals surface area contributed by atoms with Crippen LogP contribution in [0, 0.1) is 6.92 Å². The molecule has 0 unspecified atom stereocenters. The first-order valence-electron chi connectivity index (χ1n) is 8.60. The fraction of sp³-hybridized carbons (Fsp3) is 0.421. The summed E-state index contributed by atoms with van der Waals surface area (Å²) in [5, 5.41) is 2.92. The van der Waals surface area contributed by atoms with Crippen molar-refractivity contribution in [1.82, 2.24) is 4.90 Å². The molecule has 2 aliphatic heterocycles. The number of nitrogens with one attached hydrogen (secondary N) is 1. The molecule has 7 nitrogen and oxygen atoms in total. The summed E-state index contributed by atoms with van der Waals surface area (Å²) in [5.74, 6) is -2.72. The van der Waals surface area contributed by atoms with Crippen LogP contribution in [0.25, 0.3) is 0 Å². The first-order chi connectivity index (χ1) is 12.3. The number of rotatable bonds is 3. The van der Waals surface area contributed by atoms with Gasteiger partial charge in [-0.25, -0.2) is 9.59 Å². The number of ether oxygens (including phenoxy) is 2. The molecule has 2 heterocycles. The third kappa shape index (κ3) is 3.71. The molecule has 1 N–H and O–H groups in total. The van der Waals surface area contributed by atoms with Crippen molar-refractivity contribution in [3.63, 3.8) is 0 Å². The summed E-state index contributed by atoms with van der Waals surface area (Å²) in [4.78, 5) is 38.2. The summed E-state index contributed by atoms with van der Waals surface area (Å²) in [7, 11) is 0. The van der Waals surface area contributed by atoms with Gasteiger partial charge in [0.25, 0.3) is 11.7 Å². The molecule has 0 atom stereocenters. The van der Waals surface area contributed by atoms with Crippen LogP contribution in [-0.2, 0) is 19.1 Å². The zero-order chi connectivity index (χ0) is 18.9.